The van der Waals surface area contributed by atoms with E-state index in [4.69, 9.17) is 11.6 Å². The highest BCUT2D eigenvalue weighted by Gasteiger charge is 2.17. The number of imidazole rings is 1. The lowest BCUT2D eigenvalue weighted by Gasteiger charge is -2.29. The van der Waals surface area contributed by atoms with Crippen LogP contribution in [0.1, 0.15) is 42.2 Å². The van der Waals surface area contributed by atoms with Gasteiger partial charge in [-0.2, -0.15) is 0 Å². The minimum Gasteiger partial charge on any atom is -0.319 e. The van der Waals surface area contributed by atoms with Gasteiger partial charge in [-0.3, -0.25) is 4.79 Å². The van der Waals surface area contributed by atoms with Gasteiger partial charge in [-0.05, 0) is 69.1 Å². The number of carbonyl (C=O) groups excluding carboxylic acids is 1. The number of thioether (sulfide) groups is 1. The molecule has 1 aliphatic heterocycles. The van der Waals surface area contributed by atoms with Crippen LogP contribution in [0.3, 0.4) is 0 Å². The third-order valence-corrected chi connectivity index (χ3v) is 6.39. The molecule has 0 saturated carbocycles. The van der Waals surface area contributed by atoms with Crippen molar-refractivity contribution in [3.05, 3.63) is 46.7 Å². The molecule has 1 aromatic carbocycles. The first-order valence-corrected chi connectivity index (χ1v) is 10.6. The summed E-state index contributed by atoms with van der Waals surface area (Å²) in [6.45, 7) is 5.96. The summed E-state index contributed by atoms with van der Waals surface area (Å²) >= 11 is 7.62. The fourth-order valence-electron chi connectivity index (χ4n) is 3.22. The normalized spacial score (nSPS) is 16.1. The molecule has 1 saturated heterocycles. The lowest BCUT2D eigenvalue weighted by atomic mass is 9.99. The molecule has 2 aromatic rings. The van der Waals surface area contributed by atoms with Gasteiger partial charge in [0, 0.05) is 23.4 Å². The molecule has 0 N–H and O–H groups in total. The lowest BCUT2D eigenvalue weighted by molar-refractivity contribution is 0.103. The molecule has 140 valence electrons. The SMILES string of the molecule is CC1CCN(CCCSc2ncc(C(=O)c3ccc(Cl)cc3)n2C)CC1. The molecular formula is C20H26ClN3OS. The standard InChI is InChI=1S/C20H26ClN3OS/c1-15-8-11-24(12-9-15)10-3-13-26-20-22-14-18(23(20)2)19(25)16-4-6-17(21)7-5-16/h4-7,14-15H,3,8-13H2,1-2H3. The maximum absolute atomic E-state index is 12.6. The zero-order valence-electron chi connectivity index (χ0n) is 15.4. The quantitative estimate of drug-likeness (QED) is 0.395. The van der Waals surface area contributed by atoms with Crippen LogP contribution in [-0.4, -0.2) is 45.6 Å². The molecule has 4 nitrogen and oxygen atoms in total. The number of nitrogens with zero attached hydrogens (tertiary/aromatic N) is 3. The fourth-order valence-corrected chi connectivity index (χ4v) is 4.23. The molecular weight excluding hydrogens is 366 g/mol. The average molecular weight is 392 g/mol. The molecule has 0 aliphatic carbocycles. The smallest absolute Gasteiger partial charge is 0.211 e. The predicted octanol–water partition coefficient (Wildman–Crippen LogP) is 4.52. The van der Waals surface area contributed by atoms with Crippen LogP contribution in [0.5, 0.6) is 0 Å². The lowest BCUT2D eigenvalue weighted by Crippen LogP contribution is -2.33. The van der Waals surface area contributed by atoms with E-state index < -0.39 is 0 Å². The predicted molar refractivity (Wildman–Crippen MR) is 108 cm³/mol. The minimum absolute atomic E-state index is 0.0223. The molecule has 6 heteroatoms. The van der Waals surface area contributed by atoms with Crippen LogP contribution in [0.25, 0.3) is 0 Å². The van der Waals surface area contributed by atoms with E-state index in [1.807, 2.05) is 11.6 Å². The molecule has 3 rings (SSSR count). The summed E-state index contributed by atoms with van der Waals surface area (Å²) in [5.74, 6) is 1.88. The highest BCUT2D eigenvalue weighted by atomic mass is 35.5. The van der Waals surface area contributed by atoms with Crippen LogP contribution in [0.15, 0.2) is 35.6 Å². The van der Waals surface area contributed by atoms with Crippen LogP contribution in [0.4, 0.5) is 0 Å². The Morgan fingerprint density at radius 1 is 1.27 bits per heavy atom. The first-order valence-electron chi connectivity index (χ1n) is 9.21. The molecule has 1 aromatic heterocycles. The molecule has 0 radical (unpaired) electrons. The number of benzene rings is 1. The molecule has 1 aliphatic rings. The van der Waals surface area contributed by atoms with Crippen molar-refractivity contribution in [2.24, 2.45) is 13.0 Å². The second-order valence-electron chi connectivity index (χ2n) is 7.05. The number of hydrogen-bond donors (Lipinski definition) is 0. The van der Waals surface area contributed by atoms with Crippen LogP contribution in [-0.2, 0) is 7.05 Å². The molecule has 0 spiro atoms. The molecule has 1 fully saturated rings. The Morgan fingerprint density at radius 3 is 2.65 bits per heavy atom. The Labute approximate surface area is 164 Å². The van der Waals surface area contributed by atoms with E-state index in [1.54, 1.807) is 42.2 Å². The Morgan fingerprint density at radius 2 is 1.96 bits per heavy atom. The van der Waals surface area contributed by atoms with Crippen molar-refractivity contribution in [1.29, 1.82) is 0 Å². The highest BCUT2D eigenvalue weighted by molar-refractivity contribution is 7.99. The number of aromatic nitrogens is 2. The van der Waals surface area contributed by atoms with Crippen LogP contribution in [0, 0.1) is 5.92 Å². The fraction of sp³-hybridized carbons (Fsp3) is 0.500. The van der Waals surface area contributed by atoms with Gasteiger partial charge in [0.15, 0.2) is 5.16 Å². The Bertz CT molecular complexity index is 736. The largest absolute Gasteiger partial charge is 0.319 e. The Hall–Kier alpha value is -1.30. The van der Waals surface area contributed by atoms with Crippen molar-refractivity contribution in [2.45, 2.75) is 31.3 Å². The zero-order chi connectivity index (χ0) is 18.5. The number of halogens is 1. The molecule has 0 unspecified atom stereocenters. The maximum Gasteiger partial charge on any atom is 0.211 e. The number of ketones is 1. The number of piperidine rings is 1. The number of carbonyl (C=O) groups is 1. The number of likely N-dealkylation sites (tertiary alicyclic amines) is 1. The second kappa shape index (κ2) is 9.07. The van der Waals surface area contributed by atoms with Gasteiger partial charge in [0.05, 0.1) is 6.20 Å². The Balaban J connectivity index is 1.50. The van der Waals surface area contributed by atoms with Crippen molar-refractivity contribution >= 4 is 29.1 Å². The van der Waals surface area contributed by atoms with Gasteiger partial charge < -0.3 is 9.47 Å². The van der Waals surface area contributed by atoms with Gasteiger partial charge in [-0.25, -0.2) is 4.98 Å². The van der Waals surface area contributed by atoms with Crippen molar-refractivity contribution in [2.75, 3.05) is 25.4 Å². The van der Waals surface area contributed by atoms with Crippen molar-refractivity contribution in [3.63, 3.8) is 0 Å². The minimum atomic E-state index is -0.0223. The van der Waals surface area contributed by atoms with E-state index in [1.165, 1.54) is 25.9 Å². The van der Waals surface area contributed by atoms with E-state index in [2.05, 4.69) is 16.8 Å². The zero-order valence-corrected chi connectivity index (χ0v) is 17.0. The average Bonchev–Trinajstić information content (AvgIpc) is 3.01. The van der Waals surface area contributed by atoms with Gasteiger partial charge in [-0.15, -0.1) is 0 Å². The molecule has 0 amide bonds. The van der Waals surface area contributed by atoms with Gasteiger partial charge >= 0.3 is 0 Å². The van der Waals surface area contributed by atoms with Crippen LogP contribution in [0.2, 0.25) is 5.02 Å². The molecule has 0 bridgehead atoms. The van der Waals surface area contributed by atoms with Crippen LogP contribution >= 0.6 is 23.4 Å². The van der Waals surface area contributed by atoms with Gasteiger partial charge in [-0.1, -0.05) is 30.3 Å². The summed E-state index contributed by atoms with van der Waals surface area (Å²) in [5, 5.41) is 1.53. The summed E-state index contributed by atoms with van der Waals surface area (Å²) in [5.41, 5.74) is 1.24. The summed E-state index contributed by atoms with van der Waals surface area (Å²) in [7, 11) is 1.91. The van der Waals surface area contributed by atoms with Crippen molar-refractivity contribution in [1.82, 2.24) is 14.5 Å². The first kappa shape index (κ1) is 19.5. The van der Waals surface area contributed by atoms with E-state index in [-0.39, 0.29) is 5.78 Å². The third kappa shape index (κ3) is 4.90. The molecule has 2 heterocycles. The van der Waals surface area contributed by atoms with Crippen molar-refractivity contribution in [3.8, 4) is 0 Å². The molecule has 26 heavy (non-hydrogen) atoms. The molecule has 0 atom stereocenters. The van der Waals surface area contributed by atoms with E-state index in [9.17, 15) is 4.79 Å². The van der Waals surface area contributed by atoms with E-state index >= 15 is 0 Å². The summed E-state index contributed by atoms with van der Waals surface area (Å²) < 4.78 is 1.89. The monoisotopic (exact) mass is 391 g/mol. The second-order valence-corrected chi connectivity index (χ2v) is 8.55. The number of hydrogen-bond acceptors (Lipinski definition) is 4. The van der Waals surface area contributed by atoms with Gasteiger partial charge in [0.1, 0.15) is 5.69 Å². The van der Waals surface area contributed by atoms with Crippen molar-refractivity contribution < 1.29 is 4.79 Å². The van der Waals surface area contributed by atoms with E-state index in [0.717, 1.165) is 29.8 Å². The van der Waals surface area contributed by atoms with Crippen LogP contribution < -0.4 is 0 Å². The maximum atomic E-state index is 12.6. The first-order chi connectivity index (χ1) is 12.5. The van der Waals surface area contributed by atoms with Gasteiger partial charge in [0.2, 0.25) is 5.78 Å². The third-order valence-electron chi connectivity index (χ3n) is 5.01. The van der Waals surface area contributed by atoms with Gasteiger partial charge in [0.25, 0.3) is 0 Å². The Kier molecular flexibility index (Phi) is 6.79. The number of rotatable bonds is 7. The summed E-state index contributed by atoms with van der Waals surface area (Å²) in [4.78, 5) is 19.6. The van der Waals surface area contributed by atoms with E-state index in [0.29, 0.717) is 16.3 Å². The summed E-state index contributed by atoms with van der Waals surface area (Å²) in [6, 6.07) is 6.98. The topological polar surface area (TPSA) is 38.1 Å². The highest BCUT2D eigenvalue weighted by Crippen LogP contribution is 2.22. The summed E-state index contributed by atoms with van der Waals surface area (Å²) in [6.07, 6.45) is 5.46.